The molecule has 3 N–H and O–H groups in total. The molecule has 2 aromatic carbocycles. The van der Waals surface area contributed by atoms with Gasteiger partial charge in [-0.2, -0.15) is 4.98 Å². The molecule has 1 heterocycles. The van der Waals surface area contributed by atoms with Crippen molar-refractivity contribution in [3.05, 3.63) is 60.3 Å². The molecule has 0 aliphatic rings. The molecule has 0 unspecified atom stereocenters. The number of anilines is 7. The summed E-state index contributed by atoms with van der Waals surface area (Å²) in [6.45, 7) is 8.64. The number of halogens is 1. The zero-order chi connectivity index (χ0) is 31.9. The van der Waals surface area contributed by atoms with E-state index >= 15 is 0 Å². The van der Waals surface area contributed by atoms with Crippen LogP contribution < -0.4 is 29.9 Å². The van der Waals surface area contributed by atoms with Crippen LogP contribution in [-0.2, 0) is 14.8 Å². The fraction of sp³-hybridized carbons (Fsp3) is 0.345. The molecule has 1 aromatic heterocycles. The molecule has 0 fully saturated rings. The summed E-state index contributed by atoms with van der Waals surface area (Å²) in [5.74, 6) is 0.558. The number of carbonyl (C=O) groups is 1. The summed E-state index contributed by atoms with van der Waals surface area (Å²) >= 11 is 6.46. The quantitative estimate of drug-likeness (QED) is 0.211. The predicted octanol–water partition coefficient (Wildman–Crippen LogP) is 4.92. The molecule has 12 nitrogen and oxygen atoms in total. The second-order valence-electron chi connectivity index (χ2n) is 10.3. The van der Waals surface area contributed by atoms with Crippen LogP contribution >= 0.6 is 11.6 Å². The van der Waals surface area contributed by atoms with Gasteiger partial charge in [0.25, 0.3) is 0 Å². The summed E-state index contributed by atoms with van der Waals surface area (Å²) in [4.78, 5) is 25.2. The molecule has 0 saturated carbocycles. The van der Waals surface area contributed by atoms with Crippen LogP contribution in [0.4, 0.5) is 40.2 Å². The van der Waals surface area contributed by atoms with Crippen LogP contribution in [0, 0.1) is 0 Å². The number of sulfonamides is 1. The summed E-state index contributed by atoms with van der Waals surface area (Å²) in [6.07, 6.45) is 3.78. The molecule has 1 amide bonds. The number of aromatic nitrogens is 2. The first-order valence-electron chi connectivity index (χ1n) is 13.4. The molecular formula is C29H39ClN8O4S. The van der Waals surface area contributed by atoms with E-state index in [9.17, 15) is 13.2 Å². The first-order chi connectivity index (χ1) is 20.2. The molecule has 232 valence electrons. The van der Waals surface area contributed by atoms with E-state index in [0.29, 0.717) is 35.0 Å². The smallest absolute Gasteiger partial charge is 0.247 e. The average Bonchev–Trinajstić information content (AvgIpc) is 2.93. The fourth-order valence-electron chi connectivity index (χ4n) is 4.28. The normalized spacial score (nSPS) is 11.3. The van der Waals surface area contributed by atoms with Gasteiger partial charge in [0.05, 0.1) is 48.0 Å². The Kier molecular flexibility index (Phi) is 11.2. The van der Waals surface area contributed by atoms with Crippen LogP contribution in [0.2, 0.25) is 5.02 Å². The van der Waals surface area contributed by atoms with Gasteiger partial charge in [-0.25, -0.2) is 13.4 Å². The molecule has 0 radical (unpaired) electrons. The van der Waals surface area contributed by atoms with E-state index in [4.69, 9.17) is 16.3 Å². The third-order valence-electron chi connectivity index (χ3n) is 6.27. The number of rotatable bonds is 14. The number of ether oxygens (including phenoxy) is 1. The topological polar surface area (TPSA) is 132 Å². The molecule has 0 aliphatic heterocycles. The SMILES string of the molecule is C=CC(=O)Nc1cc(Nc2ncc(Cl)c(Nc3ccccc3N(C(C)C)S(C)(=O)=O)n2)c(OC)cc1N(C)CCN(C)C. The Labute approximate surface area is 258 Å². The van der Waals surface area contributed by atoms with E-state index < -0.39 is 10.0 Å². The standard InChI is InChI=1S/C29H39ClN8O4S/c1-9-27(39)32-22-16-23(26(42-7)17-25(22)37(6)15-14-36(4)5)34-29-31-18-20(30)28(35-29)33-21-12-10-11-13-24(21)38(19(2)3)43(8,40)41/h9-13,16-19H,1,14-15H2,2-8H3,(H,32,39)(H2,31,33,34,35). The number of nitrogens with zero attached hydrogens (tertiary/aromatic N) is 5. The molecule has 0 aliphatic carbocycles. The van der Waals surface area contributed by atoms with Crippen molar-refractivity contribution in [1.82, 2.24) is 14.9 Å². The molecule has 3 aromatic rings. The Balaban J connectivity index is 2.01. The highest BCUT2D eigenvalue weighted by Gasteiger charge is 2.24. The molecule has 0 saturated heterocycles. The minimum atomic E-state index is -3.57. The van der Waals surface area contributed by atoms with Crippen LogP contribution in [0.25, 0.3) is 0 Å². The highest BCUT2D eigenvalue weighted by Crippen LogP contribution is 2.39. The van der Waals surface area contributed by atoms with Gasteiger partial charge in [-0.05, 0) is 52.2 Å². The Hall–Kier alpha value is -4.07. The Morgan fingerprint density at radius 2 is 1.77 bits per heavy atom. The van der Waals surface area contributed by atoms with Gasteiger partial charge in [0, 0.05) is 32.2 Å². The molecule has 0 spiro atoms. The van der Waals surface area contributed by atoms with Crippen molar-refractivity contribution in [2.45, 2.75) is 19.9 Å². The average molecular weight is 631 g/mol. The van der Waals surface area contributed by atoms with Crippen molar-refractivity contribution in [3.63, 3.8) is 0 Å². The van der Waals surface area contributed by atoms with Gasteiger partial charge in [-0.1, -0.05) is 30.3 Å². The minimum Gasteiger partial charge on any atom is -0.494 e. The second-order valence-corrected chi connectivity index (χ2v) is 12.6. The second kappa shape index (κ2) is 14.4. The number of hydrogen-bond acceptors (Lipinski definition) is 10. The first-order valence-corrected chi connectivity index (χ1v) is 15.6. The first kappa shape index (κ1) is 33.4. The lowest BCUT2D eigenvalue weighted by Gasteiger charge is -2.28. The number of hydrogen-bond donors (Lipinski definition) is 3. The largest absolute Gasteiger partial charge is 0.494 e. The van der Waals surface area contributed by atoms with Crippen molar-refractivity contribution in [2.75, 3.05) is 72.8 Å². The molecular weight excluding hydrogens is 592 g/mol. The lowest BCUT2D eigenvalue weighted by atomic mass is 10.2. The fourth-order valence-corrected chi connectivity index (χ4v) is 5.70. The van der Waals surface area contributed by atoms with Gasteiger partial charge < -0.3 is 30.5 Å². The summed E-state index contributed by atoms with van der Waals surface area (Å²) in [5, 5.41) is 9.39. The zero-order valence-corrected chi connectivity index (χ0v) is 27.0. The Morgan fingerprint density at radius 1 is 1.07 bits per heavy atom. The van der Waals surface area contributed by atoms with E-state index in [1.807, 2.05) is 32.1 Å². The summed E-state index contributed by atoms with van der Waals surface area (Å²) in [5.41, 5.74) is 2.71. The molecule has 0 atom stereocenters. The Bertz CT molecular complexity index is 1570. The molecule has 0 bridgehead atoms. The van der Waals surface area contributed by atoms with Gasteiger partial charge in [-0.15, -0.1) is 0 Å². The number of benzene rings is 2. The molecule has 3 rings (SSSR count). The van der Waals surface area contributed by atoms with Crippen molar-refractivity contribution >= 4 is 67.7 Å². The van der Waals surface area contributed by atoms with Gasteiger partial charge >= 0.3 is 0 Å². The summed E-state index contributed by atoms with van der Waals surface area (Å²) in [6, 6.07) is 10.2. The van der Waals surface area contributed by atoms with E-state index in [1.165, 1.54) is 16.6 Å². The van der Waals surface area contributed by atoms with Crippen LogP contribution in [-0.4, -0.2) is 82.8 Å². The van der Waals surface area contributed by atoms with Gasteiger partial charge in [0.1, 0.15) is 10.8 Å². The number of nitrogens with one attached hydrogen (secondary N) is 3. The van der Waals surface area contributed by atoms with Crippen molar-refractivity contribution < 1.29 is 17.9 Å². The van der Waals surface area contributed by atoms with Crippen molar-refractivity contribution in [1.29, 1.82) is 0 Å². The lowest BCUT2D eigenvalue weighted by Crippen LogP contribution is -2.36. The zero-order valence-electron chi connectivity index (χ0n) is 25.5. The van der Waals surface area contributed by atoms with Crippen molar-refractivity contribution in [2.24, 2.45) is 0 Å². The van der Waals surface area contributed by atoms with Crippen molar-refractivity contribution in [3.8, 4) is 5.75 Å². The van der Waals surface area contributed by atoms with Gasteiger partial charge in [-0.3, -0.25) is 9.10 Å². The highest BCUT2D eigenvalue weighted by atomic mass is 35.5. The van der Waals surface area contributed by atoms with Gasteiger partial charge in [0.2, 0.25) is 21.9 Å². The Morgan fingerprint density at radius 3 is 2.37 bits per heavy atom. The van der Waals surface area contributed by atoms with Crippen LogP contribution in [0.3, 0.4) is 0 Å². The summed E-state index contributed by atoms with van der Waals surface area (Å²) in [7, 11) is 3.87. The van der Waals surface area contributed by atoms with E-state index in [2.05, 4.69) is 37.4 Å². The maximum atomic E-state index is 12.6. The monoisotopic (exact) mass is 630 g/mol. The molecule has 14 heteroatoms. The number of methoxy groups -OCH3 is 1. The maximum Gasteiger partial charge on any atom is 0.247 e. The third-order valence-corrected chi connectivity index (χ3v) is 7.88. The number of para-hydroxylation sites is 2. The minimum absolute atomic E-state index is 0.182. The predicted molar refractivity (Wildman–Crippen MR) is 176 cm³/mol. The number of carbonyl (C=O) groups excluding carboxylic acids is 1. The maximum absolute atomic E-state index is 12.6. The van der Waals surface area contributed by atoms with Crippen LogP contribution in [0.15, 0.2) is 55.3 Å². The van der Waals surface area contributed by atoms with Gasteiger partial charge in [0.15, 0.2) is 5.82 Å². The number of amides is 1. The summed E-state index contributed by atoms with van der Waals surface area (Å²) < 4.78 is 32.2. The van der Waals surface area contributed by atoms with Crippen LogP contribution in [0.1, 0.15) is 13.8 Å². The lowest BCUT2D eigenvalue weighted by molar-refractivity contribution is -0.111. The molecule has 43 heavy (non-hydrogen) atoms. The van der Waals surface area contributed by atoms with E-state index in [0.717, 1.165) is 18.5 Å². The highest BCUT2D eigenvalue weighted by molar-refractivity contribution is 7.92. The third kappa shape index (κ3) is 8.72. The van der Waals surface area contributed by atoms with E-state index in [-0.39, 0.29) is 28.7 Å². The van der Waals surface area contributed by atoms with E-state index in [1.54, 1.807) is 51.3 Å². The van der Waals surface area contributed by atoms with Crippen LogP contribution in [0.5, 0.6) is 5.75 Å². The number of likely N-dealkylation sites (N-methyl/N-ethyl adjacent to an activating group) is 2.